The Morgan fingerprint density at radius 1 is 1.27 bits per heavy atom. The molecule has 1 aromatic carbocycles. The SMILES string of the molecule is CCCCN(CC(F)(F)F)C(=O)c1ccccc1OC(F)F. The first kappa shape index (κ1) is 18.2. The molecular formula is C14H16F5NO2. The van der Waals surface area contributed by atoms with Gasteiger partial charge >= 0.3 is 12.8 Å². The van der Waals surface area contributed by atoms with Crippen LogP contribution in [0.3, 0.4) is 0 Å². The van der Waals surface area contributed by atoms with Crippen LogP contribution in [0.4, 0.5) is 22.0 Å². The van der Waals surface area contributed by atoms with Crippen molar-refractivity contribution in [2.45, 2.75) is 32.6 Å². The molecule has 22 heavy (non-hydrogen) atoms. The molecule has 0 aliphatic carbocycles. The Kier molecular flexibility index (Phi) is 6.58. The van der Waals surface area contributed by atoms with Gasteiger partial charge in [-0.05, 0) is 18.6 Å². The van der Waals surface area contributed by atoms with Gasteiger partial charge in [-0.15, -0.1) is 0 Å². The standard InChI is InChI=1S/C14H16F5NO2/c1-2-3-8-20(9-14(17,18)19)12(21)10-6-4-5-7-11(10)22-13(15)16/h4-7,13H,2-3,8-9H2,1H3. The fraction of sp³-hybridized carbons (Fsp3) is 0.500. The highest BCUT2D eigenvalue weighted by molar-refractivity contribution is 5.97. The van der Waals surface area contributed by atoms with Gasteiger partial charge in [0.15, 0.2) is 0 Å². The zero-order valence-electron chi connectivity index (χ0n) is 11.9. The van der Waals surface area contributed by atoms with Crippen molar-refractivity contribution >= 4 is 5.91 Å². The normalized spacial score (nSPS) is 11.6. The van der Waals surface area contributed by atoms with E-state index in [-0.39, 0.29) is 12.1 Å². The third-order valence-electron chi connectivity index (χ3n) is 2.77. The first-order chi connectivity index (χ1) is 10.2. The van der Waals surface area contributed by atoms with Crippen LogP contribution >= 0.6 is 0 Å². The molecule has 0 fully saturated rings. The van der Waals surface area contributed by atoms with Crippen LogP contribution in [-0.4, -0.2) is 36.7 Å². The Morgan fingerprint density at radius 2 is 1.91 bits per heavy atom. The fourth-order valence-electron chi connectivity index (χ4n) is 1.83. The second-order valence-electron chi connectivity index (χ2n) is 4.57. The molecule has 0 aromatic heterocycles. The molecule has 0 heterocycles. The Morgan fingerprint density at radius 3 is 2.45 bits per heavy atom. The average Bonchev–Trinajstić information content (AvgIpc) is 2.41. The molecule has 1 amide bonds. The van der Waals surface area contributed by atoms with Gasteiger partial charge in [0.05, 0.1) is 5.56 Å². The topological polar surface area (TPSA) is 29.5 Å². The number of nitrogens with zero attached hydrogens (tertiary/aromatic N) is 1. The minimum atomic E-state index is -4.57. The Labute approximate surface area is 124 Å². The van der Waals surface area contributed by atoms with Crippen LogP contribution in [0.25, 0.3) is 0 Å². The van der Waals surface area contributed by atoms with Crippen LogP contribution in [0.2, 0.25) is 0 Å². The molecule has 1 aromatic rings. The molecule has 0 atom stereocenters. The highest BCUT2D eigenvalue weighted by atomic mass is 19.4. The van der Waals surface area contributed by atoms with Gasteiger partial charge in [0.25, 0.3) is 5.91 Å². The number of carbonyl (C=O) groups is 1. The summed E-state index contributed by atoms with van der Waals surface area (Å²) in [6, 6.07) is 5.01. The molecule has 0 aliphatic rings. The van der Waals surface area contributed by atoms with Crippen molar-refractivity contribution < 1.29 is 31.5 Å². The quantitative estimate of drug-likeness (QED) is 0.707. The maximum atomic E-state index is 12.6. The van der Waals surface area contributed by atoms with Crippen LogP contribution in [0.15, 0.2) is 24.3 Å². The predicted octanol–water partition coefficient (Wildman–Crippen LogP) is 4.09. The molecule has 0 aliphatic heterocycles. The Hall–Kier alpha value is -1.86. The van der Waals surface area contributed by atoms with Gasteiger partial charge in [-0.2, -0.15) is 22.0 Å². The van der Waals surface area contributed by atoms with Crippen molar-refractivity contribution in [3.63, 3.8) is 0 Å². The van der Waals surface area contributed by atoms with E-state index in [1.807, 2.05) is 0 Å². The monoisotopic (exact) mass is 325 g/mol. The van der Waals surface area contributed by atoms with Gasteiger partial charge in [-0.3, -0.25) is 4.79 Å². The van der Waals surface area contributed by atoms with E-state index in [4.69, 9.17) is 0 Å². The zero-order chi connectivity index (χ0) is 16.8. The minimum Gasteiger partial charge on any atom is -0.434 e. The molecule has 0 N–H and O–H groups in total. The molecule has 1 rings (SSSR count). The first-order valence-electron chi connectivity index (χ1n) is 6.64. The highest BCUT2D eigenvalue weighted by Crippen LogP contribution is 2.24. The van der Waals surface area contributed by atoms with Crippen molar-refractivity contribution in [1.82, 2.24) is 4.90 Å². The van der Waals surface area contributed by atoms with Crippen LogP contribution in [-0.2, 0) is 0 Å². The lowest BCUT2D eigenvalue weighted by atomic mass is 10.1. The van der Waals surface area contributed by atoms with Crippen LogP contribution in [0.5, 0.6) is 5.75 Å². The highest BCUT2D eigenvalue weighted by Gasteiger charge is 2.34. The molecule has 0 radical (unpaired) electrons. The summed E-state index contributed by atoms with van der Waals surface area (Å²) < 4.78 is 66.5. The first-order valence-corrected chi connectivity index (χ1v) is 6.64. The molecule has 0 bridgehead atoms. The summed E-state index contributed by atoms with van der Waals surface area (Å²) in [5.74, 6) is -1.42. The van der Waals surface area contributed by atoms with Gasteiger partial charge < -0.3 is 9.64 Å². The van der Waals surface area contributed by atoms with Gasteiger partial charge in [-0.25, -0.2) is 0 Å². The third-order valence-corrected chi connectivity index (χ3v) is 2.77. The molecular weight excluding hydrogens is 309 g/mol. The summed E-state index contributed by atoms with van der Waals surface area (Å²) in [4.78, 5) is 12.8. The van der Waals surface area contributed by atoms with E-state index in [0.29, 0.717) is 17.7 Å². The van der Waals surface area contributed by atoms with Crippen LogP contribution in [0, 0.1) is 0 Å². The van der Waals surface area contributed by atoms with Crippen LogP contribution < -0.4 is 4.74 Å². The lowest BCUT2D eigenvalue weighted by Gasteiger charge is -2.24. The van der Waals surface area contributed by atoms with E-state index in [1.165, 1.54) is 12.1 Å². The summed E-state index contributed by atoms with van der Waals surface area (Å²) in [6.07, 6.45) is -3.60. The molecule has 124 valence electrons. The predicted molar refractivity (Wildman–Crippen MR) is 69.9 cm³/mol. The maximum Gasteiger partial charge on any atom is 0.406 e. The number of ether oxygens (including phenoxy) is 1. The number of benzene rings is 1. The largest absolute Gasteiger partial charge is 0.434 e. The Balaban J connectivity index is 3.02. The van der Waals surface area contributed by atoms with Gasteiger partial charge in [0, 0.05) is 6.54 Å². The van der Waals surface area contributed by atoms with E-state index in [2.05, 4.69) is 4.74 Å². The average molecular weight is 325 g/mol. The molecule has 0 unspecified atom stereocenters. The molecule has 3 nitrogen and oxygen atoms in total. The van der Waals surface area contributed by atoms with E-state index in [1.54, 1.807) is 6.92 Å². The lowest BCUT2D eigenvalue weighted by molar-refractivity contribution is -0.140. The lowest BCUT2D eigenvalue weighted by Crippen LogP contribution is -2.39. The van der Waals surface area contributed by atoms with Gasteiger partial charge in [0.1, 0.15) is 12.3 Å². The number of para-hydroxylation sites is 1. The molecule has 0 spiro atoms. The van der Waals surface area contributed by atoms with Crippen molar-refractivity contribution in [3.8, 4) is 5.75 Å². The van der Waals surface area contributed by atoms with Crippen LogP contribution in [0.1, 0.15) is 30.1 Å². The molecule has 0 saturated carbocycles. The van der Waals surface area contributed by atoms with Crippen molar-refractivity contribution in [3.05, 3.63) is 29.8 Å². The number of halogens is 5. The second kappa shape index (κ2) is 7.95. The van der Waals surface area contributed by atoms with Crippen molar-refractivity contribution in [1.29, 1.82) is 0 Å². The van der Waals surface area contributed by atoms with Crippen molar-refractivity contribution in [2.75, 3.05) is 13.1 Å². The smallest absolute Gasteiger partial charge is 0.406 e. The summed E-state index contributed by atoms with van der Waals surface area (Å²) >= 11 is 0. The summed E-state index contributed by atoms with van der Waals surface area (Å²) in [5, 5.41) is 0. The Bertz CT molecular complexity index is 490. The molecule has 8 heteroatoms. The third kappa shape index (κ3) is 5.87. The molecule has 0 saturated heterocycles. The van der Waals surface area contributed by atoms with E-state index < -0.39 is 31.0 Å². The van der Waals surface area contributed by atoms with E-state index in [0.717, 1.165) is 12.1 Å². The number of unbranched alkanes of at least 4 members (excludes halogenated alkanes) is 1. The number of hydrogen-bond acceptors (Lipinski definition) is 2. The number of carbonyl (C=O) groups excluding carboxylic acids is 1. The zero-order valence-corrected chi connectivity index (χ0v) is 11.9. The van der Waals surface area contributed by atoms with Crippen molar-refractivity contribution in [2.24, 2.45) is 0 Å². The summed E-state index contributed by atoms with van der Waals surface area (Å²) in [5.41, 5.74) is -0.317. The summed E-state index contributed by atoms with van der Waals surface area (Å²) in [6.45, 7) is -2.95. The van der Waals surface area contributed by atoms with E-state index >= 15 is 0 Å². The van der Waals surface area contributed by atoms with E-state index in [9.17, 15) is 26.7 Å². The number of amides is 1. The fourth-order valence-corrected chi connectivity index (χ4v) is 1.83. The van der Waals surface area contributed by atoms with Gasteiger partial charge in [-0.1, -0.05) is 25.5 Å². The van der Waals surface area contributed by atoms with Gasteiger partial charge in [0.2, 0.25) is 0 Å². The summed E-state index contributed by atoms with van der Waals surface area (Å²) in [7, 11) is 0. The second-order valence-corrected chi connectivity index (χ2v) is 4.57. The number of hydrogen-bond donors (Lipinski definition) is 0. The minimum absolute atomic E-state index is 0.113. The maximum absolute atomic E-state index is 12.6. The number of rotatable bonds is 7. The number of alkyl halides is 5.